The molecular formula is C22H16F3N7O3S. The van der Waals surface area contributed by atoms with Crippen LogP contribution in [0.15, 0.2) is 55.4 Å². The first-order valence-corrected chi connectivity index (χ1v) is 11.0. The van der Waals surface area contributed by atoms with Gasteiger partial charge in [-0.15, -0.1) is 11.3 Å². The van der Waals surface area contributed by atoms with Gasteiger partial charge in [-0.3, -0.25) is 14.6 Å². The molecule has 4 aromatic heterocycles. The molecule has 0 aliphatic carbocycles. The summed E-state index contributed by atoms with van der Waals surface area (Å²) in [5.74, 6) is -2.69. The van der Waals surface area contributed by atoms with E-state index in [-0.39, 0.29) is 10.6 Å². The van der Waals surface area contributed by atoms with E-state index in [4.69, 9.17) is 0 Å². The van der Waals surface area contributed by atoms with E-state index < -0.39 is 41.2 Å². The topological polar surface area (TPSA) is 143 Å². The summed E-state index contributed by atoms with van der Waals surface area (Å²) in [5.41, 5.74) is 0.0123. The van der Waals surface area contributed by atoms with Crippen LogP contribution in [-0.2, 0) is 6.18 Å². The van der Waals surface area contributed by atoms with E-state index >= 15 is 0 Å². The molecule has 36 heavy (non-hydrogen) atoms. The molecule has 0 saturated heterocycles. The largest absolute Gasteiger partial charge is 0.506 e. The molecule has 1 unspecified atom stereocenters. The Hall–Kier alpha value is -4.46. The number of aromatic nitrogens is 5. The Kier molecular flexibility index (Phi) is 6.87. The van der Waals surface area contributed by atoms with Crippen LogP contribution in [0.5, 0.6) is 5.75 Å². The summed E-state index contributed by atoms with van der Waals surface area (Å²) < 4.78 is 38.9. The molecular weight excluding hydrogens is 499 g/mol. The molecule has 4 rings (SSSR count). The summed E-state index contributed by atoms with van der Waals surface area (Å²) in [7, 11) is 0. The number of alkyl halides is 3. The number of anilines is 1. The highest BCUT2D eigenvalue weighted by Gasteiger charge is 2.34. The quantitative estimate of drug-likeness (QED) is 0.351. The molecule has 0 aromatic carbocycles. The summed E-state index contributed by atoms with van der Waals surface area (Å²) in [5, 5.41) is 14.7. The number of rotatable bonds is 6. The van der Waals surface area contributed by atoms with Gasteiger partial charge in [0.25, 0.3) is 11.8 Å². The Morgan fingerprint density at radius 3 is 2.58 bits per heavy atom. The lowest BCUT2D eigenvalue weighted by atomic mass is 10.2. The van der Waals surface area contributed by atoms with Gasteiger partial charge in [-0.25, -0.2) is 19.9 Å². The summed E-state index contributed by atoms with van der Waals surface area (Å²) in [6.45, 7) is 1.65. The van der Waals surface area contributed by atoms with Crippen LogP contribution in [0.25, 0.3) is 11.3 Å². The lowest BCUT2D eigenvalue weighted by Crippen LogP contribution is -2.27. The molecule has 4 heterocycles. The highest BCUT2D eigenvalue weighted by molar-refractivity contribution is 7.13. The first kappa shape index (κ1) is 24.7. The average molecular weight is 515 g/mol. The average Bonchev–Trinajstić information content (AvgIpc) is 3.36. The standard InChI is InChI=1S/C22H16F3N7O3S/c1-11(31-19(34)15-6-14(29-10-30-15)12-3-2-4-26-7-12)21-28-9-17(36-21)20(35)32-18-5-13(22(23,24)25)16(33)8-27-18/h2-11,33H,1H3,(H,31,34)(H,27,32,35). The third kappa shape index (κ3) is 5.60. The van der Waals surface area contributed by atoms with Crippen molar-refractivity contribution < 1.29 is 27.9 Å². The Morgan fingerprint density at radius 2 is 1.86 bits per heavy atom. The monoisotopic (exact) mass is 515 g/mol. The molecule has 0 aliphatic rings. The van der Waals surface area contributed by atoms with Crippen molar-refractivity contribution in [3.63, 3.8) is 0 Å². The zero-order chi connectivity index (χ0) is 25.9. The Morgan fingerprint density at radius 1 is 1.06 bits per heavy atom. The van der Waals surface area contributed by atoms with Crippen molar-refractivity contribution in [3.05, 3.63) is 76.5 Å². The van der Waals surface area contributed by atoms with Crippen LogP contribution in [-0.4, -0.2) is 41.8 Å². The van der Waals surface area contributed by atoms with Crippen LogP contribution >= 0.6 is 11.3 Å². The summed E-state index contributed by atoms with van der Waals surface area (Å²) in [6, 6.07) is 4.96. The van der Waals surface area contributed by atoms with Gasteiger partial charge >= 0.3 is 6.18 Å². The fraction of sp³-hybridized carbons (Fsp3) is 0.136. The van der Waals surface area contributed by atoms with Crippen LogP contribution in [0, 0.1) is 0 Å². The summed E-state index contributed by atoms with van der Waals surface area (Å²) in [6.07, 6.45) is 1.49. The van der Waals surface area contributed by atoms with Gasteiger partial charge < -0.3 is 15.7 Å². The van der Waals surface area contributed by atoms with Crippen LogP contribution in [0.4, 0.5) is 19.0 Å². The predicted octanol–water partition coefficient (Wildman–Crippen LogP) is 3.86. The van der Waals surface area contributed by atoms with E-state index in [0.717, 1.165) is 11.3 Å². The number of nitrogens with one attached hydrogen (secondary N) is 2. The molecule has 0 fully saturated rings. The third-order valence-electron chi connectivity index (χ3n) is 4.75. The second-order valence-corrected chi connectivity index (χ2v) is 8.39. The zero-order valence-corrected chi connectivity index (χ0v) is 19.1. The fourth-order valence-electron chi connectivity index (χ4n) is 3.00. The number of hydrogen-bond acceptors (Lipinski definition) is 9. The van der Waals surface area contributed by atoms with Gasteiger partial charge in [-0.2, -0.15) is 13.2 Å². The lowest BCUT2D eigenvalue weighted by molar-refractivity contribution is -0.138. The van der Waals surface area contributed by atoms with Crippen molar-refractivity contribution in [3.8, 4) is 17.0 Å². The molecule has 0 radical (unpaired) electrons. The highest BCUT2D eigenvalue weighted by Crippen LogP contribution is 2.36. The number of aromatic hydroxyl groups is 1. The fourth-order valence-corrected chi connectivity index (χ4v) is 3.82. The summed E-state index contributed by atoms with van der Waals surface area (Å²) >= 11 is 0.940. The van der Waals surface area contributed by atoms with Crippen LogP contribution in [0.1, 0.15) is 43.7 Å². The van der Waals surface area contributed by atoms with Crippen molar-refractivity contribution in [2.45, 2.75) is 19.1 Å². The van der Waals surface area contributed by atoms with E-state index in [0.29, 0.717) is 28.5 Å². The first-order valence-electron chi connectivity index (χ1n) is 10.2. The van der Waals surface area contributed by atoms with Gasteiger partial charge in [-0.05, 0) is 31.2 Å². The number of thiazole rings is 1. The van der Waals surface area contributed by atoms with Gasteiger partial charge in [0, 0.05) is 18.0 Å². The normalized spacial score (nSPS) is 12.1. The number of nitrogens with zero attached hydrogens (tertiary/aromatic N) is 5. The summed E-state index contributed by atoms with van der Waals surface area (Å²) in [4.78, 5) is 45.1. The molecule has 4 aromatic rings. The molecule has 0 spiro atoms. The highest BCUT2D eigenvalue weighted by atomic mass is 32.1. The Bertz CT molecular complexity index is 1410. The maximum Gasteiger partial charge on any atom is 0.420 e. The van der Waals surface area contributed by atoms with Crippen molar-refractivity contribution in [2.75, 3.05) is 5.32 Å². The van der Waals surface area contributed by atoms with Crippen LogP contribution < -0.4 is 10.6 Å². The third-order valence-corrected chi connectivity index (χ3v) is 5.93. The minimum Gasteiger partial charge on any atom is -0.506 e. The number of pyridine rings is 2. The number of amides is 2. The van der Waals surface area contributed by atoms with Crippen LogP contribution in [0.3, 0.4) is 0 Å². The molecule has 0 aliphatic heterocycles. The SMILES string of the molecule is CC(NC(=O)c1cc(-c2cccnc2)ncn1)c1ncc(C(=O)Nc2cc(C(F)(F)F)c(O)cn2)s1. The smallest absolute Gasteiger partial charge is 0.420 e. The maximum absolute atomic E-state index is 13.0. The number of hydrogen-bond donors (Lipinski definition) is 3. The molecule has 0 saturated carbocycles. The minimum atomic E-state index is -4.82. The number of halogens is 3. The molecule has 2 amide bonds. The van der Waals surface area contributed by atoms with E-state index in [2.05, 4.69) is 35.6 Å². The lowest BCUT2D eigenvalue weighted by Gasteiger charge is -2.11. The second kappa shape index (κ2) is 10.0. The van der Waals surface area contributed by atoms with Gasteiger partial charge in [0.05, 0.1) is 24.1 Å². The zero-order valence-electron chi connectivity index (χ0n) is 18.3. The van der Waals surface area contributed by atoms with Gasteiger partial charge in [0.2, 0.25) is 0 Å². The second-order valence-electron chi connectivity index (χ2n) is 7.33. The van der Waals surface area contributed by atoms with Gasteiger partial charge in [0.1, 0.15) is 39.0 Å². The van der Waals surface area contributed by atoms with E-state index in [9.17, 15) is 27.9 Å². The van der Waals surface area contributed by atoms with Crippen molar-refractivity contribution in [1.29, 1.82) is 0 Å². The minimum absolute atomic E-state index is 0.0791. The molecule has 184 valence electrons. The van der Waals surface area contributed by atoms with E-state index in [1.54, 1.807) is 31.5 Å². The molecule has 3 N–H and O–H groups in total. The van der Waals surface area contributed by atoms with Gasteiger partial charge in [0.15, 0.2) is 0 Å². The van der Waals surface area contributed by atoms with Gasteiger partial charge in [-0.1, -0.05) is 0 Å². The molecule has 0 bridgehead atoms. The maximum atomic E-state index is 13.0. The van der Waals surface area contributed by atoms with Crippen molar-refractivity contribution in [1.82, 2.24) is 30.2 Å². The number of carbonyl (C=O) groups excluding carboxylic acids is 2. The molecule has 1 atom stereocenters. The Labute approximate surface area is 205 Å². The molecule has 10 nitrogen and oxygen atoms in total. The van der Waals surface area contributed by atoms with E-state index in [1.807, 2.05) is 0 Å². The predicted molar refractivity (Wildman–Crippen MR) is 122 cm³/mol. The Balaban J connectivity index is 1.43. The van der Waals surface area contributed by atoms with E-state index in [1.165, 1.54) is 18.6 Å². The van der Waals surface area contributed by atoms with Crippen molar-refractivity contribution in [2.24, 2.45) is 0 Å². The van der Waals surface area contributed by atoms with Crippen molar-refractivity contribution >= 4 is 29.0 Å². The number of carbonyl (C=O) groups is 2. The van der Waals surface area contributed by atoms with Crippen LogP contribution in [0.2, 0.25) is 0 Å². The first-order chi connectivity index (χ1) is 17.1. The molecule has 14 heteroatoms.